The van der Waals surface area contributed by atoms with E-state index in [-0.39, 0.29) is 0 Å². The summed E-state index contributed by atoms with van der Waals surface area (Å²) in [5.41, 5.74) is 2.87. The molecule has 25 heavy (non-hydrogen) atoms. The van der Waals surface area contributed by atoms with Crippen LogP contribution in [0.4, 0.5) is 5.82 Å². The molecular formula is C20H17N3OS. The molecule has 1 atom stereocenters. The summed E-state index contributed by atoms with van der Waals surface area (Å²) in [5.74, 6) is 0.704. The van der Waals surface area contributed by atoms with Gasteiger partial charge in [0, 0.05) is 33.6 Å². The van der Waals surface area contributed by atoms with Gasteiger partial charge in [-0.25, -0.2) is 9.97 Å². The van der Waals surface area contributed by atoms with E-state index in [1.807, 2.05) is 48.5 Å². The van der Waals surface area contributed by atoms with E-state index in [1.165, 1.54) is 10.1 Å². The summed E-state index contributed by atoms with van der Waals surface area (Å²) in [6, 6.07) is 19.8. The Morgan fingerprint density at radius 1 is 1.00 bits per heavy atom. The van der Waals surface area contributed by atoms with Crippen LogP contribution in [0.2, 0.25) is 0 Å². The van der Waals surface area contributed by atoms with E-state index in [2.05, 4.69) is 32.8 Å². The fourth-order valence-corrected chi connectivity index (χ4v) is 3.73. The number of thiophene rings is 1. The van der Waals surface area contributed by atoms with Crippen molar-refractivity contribution in [2.45, 2.75) is 6.10 Å². The molecule has 0 amide bonds. The lowest BCUT2D eigenvalue weighted by atomic mass is 10.1. The Labute approximate surface area is 149 Å². The van der Waals surface area contributed by atoms with Crippen LogP contribution in [-0.4, -0.2) is 21.6 Å². The second-order valence-electron chi connectivity index (χ2n) is 5.74. The van der Waals surface area contributed by atoms with Crippen molar-refractivity contribution in [1.82, 2.24) is 9.97 Å². The molecule has 2 heterocycles. The van der Waals surface area contributed by atoms with Gasteiger partial charge in [0.05, 0.1) is 11.8 Å². The van der Waals surface area contributed by atoms with Crippen molar-refractivity contribution in [2.75, 3.05) is 11.9 Å². The highest BCUT2D eigenvalue weighted by molar-refractivity contribution is 7.17. The van der Waals surface area contributed by atoms with E-state index < -0.39 is 6.10 Å². The van der Waals surface area contributed by atoms with E-state index in [9.17, 15) is 5.11 Å². The largest absolute Gasteiger partial charge is 0.387 e. The van der Waals surface area contributed by atoms with Crippen LogP contribution in [0, 0.1) is 0 Å². The summed E-state index contributed by atoms with van der Waals surface area (Å²) in [6.45, 7) is 0.394. The lowest BCUT2D eigenvalue weighted by Gasteiger charge is -2.12. The highest BCUT2D eigenvalue weighted by Gasteiger charge is 2.10. The average molecular weight is 347 g/mol. The normalized spacial score (nSPS) is 12.2. The van der Waals surface area contributed by atoms with Gasteiger partial charge in [0.25, 0.3) is 0 Å². The van der Waals surface area contributed by atoms with Crippen molar-refractivity contribution in [3.8, 4) is 11.3 Å². The number of rotatable bonds is 5. The molecule has 4 rings (SSSR count). The molecule has 0 spiro atoms. The third kappa shape index (κ3) is 3.38. The zero-order valence-electron chi connectivity index (χ0n) is 13.5. The molecule has 1 unspecified atom stereocenters. The average Bonchev–Trinajstić information content (AvgIpc) is 3.11. The molecule has 5 heteroatoms. The molecule has 2 aromatic heterocycles. The van der Waals surface area contributed by atoms with Crippen LogP contribution in [0.3, 0.4) is 0 Å². The standard InChI is InChI=1S/C20H17N3OS/c24-18(14-6-2-1-3-7-14)11-21-20-10-17(22-13-23-20)16-12-25-19-9-5-4-8-15(16)19/h1-10,12-13,18,24H,11H2,(H,21,22,23). The van der Waals surface area contributed by atoms with Gasteiger partial charge in [0.15, 0.2) is 0 Å². The smallest absolute Gasteiger partial charge is 0.130 e. The Balaban J connectivity index is 1.54. The topological polar surface area (TPSA) is 58.0 Å². The fourth-order valence-electron chi connectivity index (χ4n) is 2.77. The Morgan fingerprint density at radius 2 is 1.80 bits per heavy atom. The van der Waals surface area contributed by atoms with Gasteiger partial charge in [-0.05, 0) is 11.6 Å². The number of anilines is 1. The van der Waals surface area contributed by atoms with Crippen molar-refractivity contribution in [3.05, 3.63) is 77.9 Å². The maximum absolute atomic E-state index is 10.3. The number of nitrogens with one attached hydrogen (secondary N) is 1. The molecule has 4 aromatic rings. The highest BCUT2D eigenvalue weighted by Crippen LogP contribution is 2.33. The Bertz CT molecular complexity index is 984. The van der Waals surface area contributed by atoms with Crippen LogP contribution in [0.1, 0.15) is 11.7 Å². The number of aliphatic hydroxyl groups is 1. The summed E-state index contributed by atoms with van der Waals surface area (Å²) in [5, 5.41) is 16.8. The van der Waals surface area contributed by atoms with Gasteiger partial charge in [-0.15, -0.1) is 11.3 Å². The molecule has 124 valence electrons. The molecule has 2 N–H and O–H groups in total. The summed E-state index contributed by atoms with van der Waals surface area (Å²) >= 11 is 1.71. The molecule has 0 radical (unpaired) electrons. The van der Waals surface area contributed by atoms with Crippen LogP contribution in [0.15, 0.2) is 72.4 Å². The van der Waals surface area contributed by atoms with Gasteiger partial charge in [-0.3, -0.25) is 0 Å². The number of aromatic nitrogens is 2. The number of nitrogens with zero attached hydrogens (tertiary/aromatic N) is 2. The second kappa shape index (κ2) is 7.01. The van der Waals surface area contributed by atoms with Gasteiger partial charge in [-0.1, -0.05) is 48.5 Å². The molecule has 0 bridgehead atoms. The van der Waals surface area contributed by atoms with Crippen molar-refractivity contribution in [2.24, 2.45) is 0 Å². The van der Waals surface area contributed by atoms with Crippen molar-refractivity contribution >= 4 is 27.2 Å². The van der Waals surface area contributed by atoms with E-state index in [0.717, 1.165) is 16.8 Å². The predicted octanol–water partition coefficient (Wildman–Crippen LogP) is 4.50. The van der Waals surface area contributed by atoms with Gasteiger partial charge in [-0.2, -0.15) is 0 Å². The summed E-state index contributed by atoms with van der Waals surface area (Å²) in [7, 11) is 0. The Kier molecular flexibility index (Phi) is 4.41. The maximum Gasteiger partial charge on any atom is 0.130 e. The SMILES string of the molecule is OC(CNc1cc(-c2csc3ccccc23)ncn1)c1ccccc1. The lowest BCUT2D eigenvalue weighted by Crippen LogP contribution is -2.13. The third-order valence-electron chi connectivity index (χ3n) is 4.08. The quantitative estimate of drug-likeness (QED) is 0.558. The summed E-state index contributed by atoms with van der Waals surface area (Å²) in [6.07, 6.45) is 0.973. The molecule has 0 saturated carbocycles. The minimum absolute atomic E-state index is 0.394. The molecule has 0 aliphatic rings. The maximum atomic E-state index is 10.3. The van der Waals surface area contributed by atoms with Gasteiger partial charge < -0.3 is 10.4 Å². The minimum atomic E-state index is -0.582. The minimum Gasteiger partial charge on any atom is -0.387 e. The Hall–Kier alpha value is -2.76. The van der Waals surface area contributed by atoms with Gasteiger partial charge >= 0.3 is 0 Å². The van der Waals surface area contributed by atoms with E-state index >= 15 is 0 Å². The first-order chi connectivity index (χ1) is 12.3. The lowest BCUT2D eigenvalue weighted by molar-refractivity contribution is 0.191. The van der Waals surface area contributed by atoms with Crippen LogP contribution < -0.4 is 5.32 Å². The van der Waals surface area contributed by atoms with E-state index in [4.69, 9.17) is 0 Å². The van der Waals surface area contributed by atoms with Crippen molar-refractivity contribution in [1.29, 1.82) is 0 Å². The number of fused-ring (bicyclic) bond motifs is 1. The molecule has 0 aliphatic heterocycles. The first-order valence-corrected chi connectivity index (χ1v) is 8.95. The van der Waals surface area contributed by atoms with Crippen LogP contribution in [0.5, 0.6) is 0 Å². The predicted molar refractivity (Wildman–Crippen MR) is 103 cm³/mol. The highest BCUT2D eigenvalue weighted by atomic mass is 32.1. The molecular weight excluding hydrogens is 330 g/mol. The molecule has 0 fully saturated rings. The summed E-state index contributed by atoms with van der Waals surface area (Å²) < 4.78 is 1.24. The number of benzene rings is 2. The van der Waals surface area contributed by atoms with Crippen molar-refractivity contribution in [3.63, 3.8) is 0 Å². The number of aliphatic hydroxyl groups excluding tert-OH is 1. The Morgan fingerprint density at radius 3 is 2.68 bits per heavy atom. The molecule has 2 aromatic carbocycles. The van der Waals surface area contributed by atoms with E-state index in [1.54, 1.807) is 17.7 Å². The van der Waals surface area contributed by atoms with Crippen LogP contribution in [0.25, 0.3) is 21.3 Å². The first kappa shape index (κ1) is 15.7. The van der Waals surface area contributed by atoms with Gasteiger partial charge in [0.2, 0.25) is 0 Å². The van der Waals surface area contributed by atoms with Gasteiger partial charge in [0.1, 0.15) is 12.1 Å². The molecule has 0 saturated heterocycles. The first-order valence-electron chi connectivity index (χ1n) is 8.07. The summed E-state index contributed by atoms with van der Waals surface area (Å²) in [4.78, 5) is 8.68. The third-order valence-corrected chi connectivity index (χ3v) is 5.05. The van der Waals surface area contributed by atoms with Crippen LogP contribution >= 0.6 is 11.3 Å². The van der Waals surface area contributed by atoms with Crippen LogP contribution in [-0.2, 0) is 0 Å². The number of hydrogen-bond donors (Lipinski definition) is 2. The zero-order chi connectivity index (χ0) is 17.1. The van der Waals surface area contributed by atoms with Crippen molar-refractivity contribution < 1.29 is 5.11 Å². The monoisotopic (exact) mass is 347 g/mol. The fraction of sp³-hybridized carbons (Fsp3) is 0.100. The zero-order valence-corrected chi connectivity index (χ0v) is 14.3. The van der Waals surface area contributed by atoms with E-state index in [0.29, 0.717) is 12.4 Å². The number of hydrogen-bond acceptors (Lipinski definition) is 5. The second-order valence-corrected chi connectivity index (χ2v) is 6.65. The molecule has 4 nitrogen and oxygen atoms in total. The molecule has 0 aliphatic carbocycles.